The molecule has 0 spiro atoms. The van der Waals surface area contributed by atoms with Crippen LogP contribution in [0.15, 0.2) is 18.2 Å². The zero-order chi connectivity index (χ0) is 16.8. The second-order valence-corrected chi connectivity index (χ2v) is 5.57. The number of amides is 2. The third kappa shape index (κ3) is 4.45. The van der Waals surface area contributed by atoms with Gasteiger partial charge in [-0.05, 0) is 26.8 Å². The maximum absolute atomic E-state index is 12.2. The van der Waals surface area contributed by atoms with E-state index in [0.29, 0.717) is 32.9 Å². The maximum atomic E-state index is 12.2. The minimum absolute atomic E-state index is 0.311. The summed E-state index contributed by atoms with van der Waals surface area (Å²) in [4.78, 5) is 25.9. The molecule has 0 radical (unpaired) electrons. The van der Waals surface area contributed by atoms with Crippen molar-refractivity contribution in [3.63, 3.8) is 0 Å². The second kappa shape index (κ2) is 7.97. The van der Waals surface area contributed by atoms with Crippen molar-refractivity contribution in [2.24, 2.45) is 0 Å². The van der Waals surface area contributed by atoms with Gasteiger partial charge in [-0.2, -0.15) is 0 Å². The highest BCUT2D eigenvalue weighted by atomic mass is 16.5. The average molecular weight is 320 g/mol. The van der Waals surface area contributed by atoms with Crippen LogP contribution in [-0.2, 0) is 14.3 Å². The fourth-order valence-corrected chi connectivity index (χ4v) is 2.54. The van der Waals surface area contributed by atoms with E-state index >= 15 is 0 Å². The van der Waals surface area contributed by atoms with Crippen LogP contribution in [-0.4, -0.2) is 49.6 Å². The molecular formula is C17H24N2O4. The summed E-state index contributed by atoms with van der Waals surface area (Å²) >= 11 is 0. The van der Waals surface area contributed by atoms with E-state index < -0.39 is 11.8 Å². The fraction of sp³-hybridized carbons (Fsp3) is 0.529. The Hall–Kier alpha value is -2.08. The van der Waals surface area contributed by atoms with E-state index in [1.165, 1.54) is 4.90 Å². The summed E-state index contributed by atoms with van der Waals surface area (Å²) in [7, 11) is 0. The molecule has 6 nitrogen and oxygen atoms in total. The molecule has 6 heteroatoms. The summed E-state index contributed by atoms with van der Waals surface area (Å²) < 4.78 is 10.8. The van der Waals surface area contributed by atoms with Crippen LogP contribution >= 0.6 is 0 Å². The van der Waals surface area contributed by atoms with Gasteiger partial charge in [0.2, 0.25) is 0 Å². The number of aryl methyl sites for hydroxylation is 1. The number of hydrogen-bond donors (Lipinski definition) is 1. The molecule has 1 aromatic carbocycles. The zero-order valence-electron chi connectivity index (χ0n) is 13.9. The normalized spacial score (nSPS) is 15.9. The fourth-order valence-electron chi connectivity index (χ4n) is 2.54. The largest absolute Gasteiger partial charge is 0.494 e. The summed E-state index contributed by atoms with van der Waals surface area (Å²) in [5, 5.41) is 2.77. The first kappa shape index (κ1) is 17.3. The molecule has 1 aliphatic rings. The molecule has 0 saturated carbocycles. The Labute approximate surface area is 136 Å². The molecule has 1 unspecified atom stereocenters. The van der Waals surface area contributed by atoms with Crippen molar-refractivity contribution in [3.8, 4) is 5.75 Å². The third-order valence-electron chi connectivity index (χ3n) is 3.77. The van der Waals surface area contributed by atoms with Crippen LogP contribution < -0.4 is 10.1 Å². The maximum Gasteiger partial charge on any atom is 0.312 e. The van der Waals surface area contributed by atoms with Crippen LogP contribution in [0.1, 0.15) is 31.0 Å². The lowest BCUT2D eigenvalue weighted by Crippen LogP contribution is -2.48. The minimum Gasteiger partial charge on any atom is -0.494 e. The summed E-state index contributed by atoms with van der Waals surface area (Å²) in [6.45, 7) is 8.14. The number of carbonyl (C=O) groups excluding carboxylic acids is 2. The summed E-state index contributed by atoms with van der Waals surface area (Å²) in [6, 6.07) is 5.51. The van der Waals surface area contributed by atoms with Crippen LogP contribution in [0.4, 0.5) is 0 Å². The summed E-state index contributed by atoms with van der Waals surface area (Å²) in [5.74, 6) is -0.376. The molecular weight excluding hydrogens is 296 g/mol. The SMILES string of the molecule is CCOc1ccc(C)cc1C(C)NC(=O)C(=O)N1CCOCC1. The number of nitrogens with zero attached hydrogens (tertiary/aromatic N) is 1. The standard InChI is InChI=1S/C17H24N2O4/c1-4-23-15-6-5-12(2)11-14(15)13(3)18-16(20)17(21)19-7-9-22-10-8-19/h5-6,11,13H,4,7-10H2,1-3H3,(H,18,20). The number of carbonyl (C=O) groups is 2. The Morgan fingerprint density at radius 3 is 2.70 bits per heavy atom. The highest BCUT2D eigenvalue weighted by Gasteiger charge is 2.25. The highest BCUT2D eigenvalue weighted by molar-refractivity contribution is 6.35. The van der Waals surface area contributed by atoms with Gasteiger partial charge in [0.1, 0.15) is 5.75 Å². The average Bonchev–Trinajstić information content (AvgIpc) is 2.56. The molecule has 2 rings (SSSR count). The van der Waals surface area contributed by atoms with Crippen LogP contribution in [0, 0.1) is 6.92 Å². The van der Waals surface area contributed by atoms with Gasteiger partial charge in [-0.15, -0.1) is 0 Å². The van der Waals surface area contributed by atoms with E-state index in [-0.39, 0.29) is 6.04 Å². The molecule has 2 amide bonds. The number of ether oxygens (including phenoxy) is 2. The molecule has 0 aliphatic carbocycles. The van der Waals surface area contributed by atoms with Gasteiger partial charge in [-0.1, -0.05) is 17.7 Å². The van der Waals surface area contributed by atoms with E-state index in [0.717, 1.165) is 16.9 Å². The van der Waals surface area contributed by atoms with E-state index in [2.05, 4.69) is 5.32 Å². The van der Waals surface area contributed by atoms with Crippen molar-refractivity contribution in [1.29, 1.82) is 0 Å². The lowest BCUT2D eigenvalue weighted by molar-refractivity contribution is -0.148. The summed E-state index contributed by atoms with van der Waals surface area (Å²) in [5.41, 5.74) is 1.94. The van der Waals surface area contributed by atoms with Crippen LogP contribution in [0.2, 0.25) is 0 Å². The lowest BCUT2D eigenvalue weighted by atomic mass is 10.0. The zero-order valence-corrected chi connectivity index (χ0v) is 13.9. The summed E-state index contributed by atoms with van der Waals surface area (Å²) in [6.07, 6.45) is 0. The highest BCUT2D eigenvalue weighted by Crippen LogP contribution is 2.26. The van der Waals surface area contributed by atoms with Gasteiger partial charge in [-0.3, -0.25) is 9.59 Å². The molecule has 126 valence electrons. The van der Waals surface area contributed by atoms with E-state index in [4.69, 9.17) is 9.47 Å². The van der Waals surface area contributed by atoms with E-state index in [9.17, 15) is 9.59 Å². The molecule has 1 aliphatic heterocycles. The molecule has 0 aromatic heterocycles. The van der Waals surface area contributed by atoms with Gasteiger partial charge in [-0.25, -0.2) is 0 Å². The first-order chi connectivity index (χ1) is 11.0. The Bertz CT molecular complexity index is 568. The van der Waals surface area contributed by atoms with Gasteiger partial charge in [0.15, 0.2) is 0 Å². The second-order valence-electron chi connectivity index (χ2n) is 5.57. The molecule has 1 aromatic rings. The van der Waals surface area contributed by atoms with Crippen LogP contribution in [0.5, 0.6) is 5.75 Å². The first-order valence-corrected chi connectivity index (χ1v) is 7.93. The Balaban J connectivity index is 2.05. The first-order valence-electron chi connectivity index (χ1n) is 7.93. The predicted molar refractivity (Wildman–Crippen MR) is 86.3 cm³/mol. The molecule has 1 fully saturated rings. The van der Waals surface area contributed by atoms with Gasteiger partial charge in [0, 0.05) is 18.7 Å². The molecule has 1 atom stereocenters. The van der Waals surface area contributed by atoms with Crippen molar-refractivity contribution >= 4 is 11.8 Å². The number of morpholine rings is 1. The minimum atomic E-state index is -0.594. The molecule has 1 N–H and O–H groups in total. The van der Waals surface area contributed by atoms with Crippen molar-refractivity contribution < 1.29 is 19.1 Å². The van der Waals surface area contributed by atoms with Crippen molar-refractivity contribution in [2.45, 2.75) is 26.8 Å². The van der Waals surface area contributed by atoms with E-state index in [1.54, 1.807) is 0 Å². The van der Waals surface area contributed by atoms with Gasteiger partial charge in [0.05, 0.1) is 25.9 Å². The van der Waals surface area contributed by atoms with Gasteiger partial charge < -0.3 is 19.7 Å². The number of hydrogen-bond acceptors (Lipinski definition) is 4. The number of rotatable bonds is 4. The molecule has 1 saturated heterocycles. The van der Waals surface area contributed by atoms with Gasteiger partial charge >= 0.3 is 11.8 Å². The Morgan fingerprint density at radius 1 is 1.35 bits per heavy atom. The third-order valence-corrected chi connectivity index (χ3v) is 3.77. The van der Waals surface area contributed by atoms with Crippen molar-refractivity contribution in [2.75, 3.05) is 32.9 Å². The lowest BCUT2D eigenvalue weighted by Gasteiger charge is -2.27. The molecule has 0 bridgehead atoms. The Morgan fingerprint density at radius 2 is 2.04 bits per heavy atom. The van der Waals surface area contributed by atoms with Crippen LogP contribution in [0.25, 0.3) is 0 Å². The van der Waals surface area contributed by atoms with Crippen molar-refractivity contribution in [3.05, 3.63) is 29.3 Å². The monoisotopic (exact) mass is 320 g/mol. The topological polar surface area (TPSA) is 67.9 Å². The van der Waals surface area contributed by atoms with Gasteiger partial charge in [0.25, 0.3) is 0 Å². The number of benzene rings is 1. The van der Waals surface area contributed by atoms with E-state index in [1.807, 2.05) is 39.0 Å². The molecule has 23 heavy (non-hydrogen) atoms. The molecule has 1 heterocycles. The van der Waals surface area contributed by atoms with Crippen molar-refractivity contribution in [1.82, 2.24) is 10.2 Å². The quantitative estimate of drug-likeness (QED) is 0.852. The number of nitrogens with one attached hydrogen (secondary N) is 1. The van der Waals surface area contributed by atoms with Crippen LogP contribution in [0.3, 0.4) is 0 Å². The predicted octanol–water partition coefficient (Wildman–Crippen LogP) is 1.43. The smallest absolute Gasteiger partial charge is 0.312 e. The Kier molecular flexibility index (Phi) is 5.98.